The molecular formula is C13H19NO2. The minimum Gasteiger partial charge on any atom is -0.491 e. The maximum Gasteiger partial charge on any atom is 0.119 e. The molecule has 1 aromatic carbocycles. The number of aliphatic hydroxyl groups is 1. The van der Waals surface area contributed by atoms with Gasteiger partial charge in [0.1, 0.15) is 12.4 Å². The number of hydrogen-bond donors (Lipinski definition) is 2. The van der Waals surface area contributed by atoms with E-state index in [2.05, 4.69) is 11.4 Å². The van der Waals surface area contributed by atoms with E-state index in [0.29, 0.717) is 6.61 Å². The molecule has 3 nitrogen and oxygen atoms in total. The van der Waals surface area contributed by atoms with Crippen molar-refractivity contribution >= 4 is 0 Å². The van der Waals surface area contributed by atoms with Crippen LogP contribution in [0, 0.1) is 0 Å². The van der Waals surface area contributed by atoms with Crippen molar-refractivity contribution < 1.29 is 9.84 Å². The van der Waals surface area contributed by atoms with Crippen LogP contribution in [0.3, 0.4) is 0 Å². The van der Waals surface area contributed by atoms with Gasteiger partial charge in [0, 0.05) is 12.6 Å². The molecule has 3 heteroatoms. The van der Waals surface area contributed by atoms with Gasteiger partial charge in [-0.2, -0.15) is 0 Å². The first kappa shape index (κ1) is 11.4. The molecule has 1 aliphatic carbocycles. The molecule has 1 saturated carbocycles. The Hall–Kier alpha value is -1.06. The molecule has 2 N–H and O–H groups in total. The van der Waals surface area contributed by atoms with Crippen molar-refractivity contribution in [2.24, 2.45) is 0 Å². The summed E-state index contributed by atoms with van der Waals surface area (Å²) < 4.78 is 5.45. The van der Waals surface area contributed by atoms with E-state index in [1.54, 1.807) is 6.92 Å². The van der Waals surface area contributed by atoms with Crippen molar-refractivity contribution in [1.82, 2.24) is 5.32 Å². The standard InChI is InChI=1S/C13H19NO2/c1-10(15)9-16-13-4-2-3-11(7-13)8-14-12-5-6-12/h2-4,7,10,12,14-15H,5-6,8-9H2,1H3. The third kappa shape index (κ3) is 3.83. The zero-order valence-corrected chi connectivity index (χ0v) is 9.65. The van der Waals surface area contributed by atoms with E-state index in [-0.39, 0.29) is 0 Å². The average molecular weight is 221 g/mol. The molecule has 2 rings (SSSR count). The van der Waals surface area contributed by atoms with Crippen molar-refractivity contribution in [2.45, 2.75) is 38.5 Å². The zero-order valence-electron chi connectivity index (χ0n) is 9.65. The quantitative estimate of drug-likeness (QED) is 0.768. The molecule has 1 aliphatic rings. The van der Waals surface area contributed by atoms with E-state index in [1.165, 1.54) is 18.4 Å². The lowest BCUT2D eigenvalue weighted by Gasteiger charge is -2.09. The van der Waals surface area contributed by atoms with Gasteiger partial charge in [-0.25, -0.2) is 0 Å². The third-order valence-electron chi connectivity index (χ3n) is 2.56. The first-order valence-corrected chi connectivity index (χ1v) is 5.87. The number of aliphatic hydroxyl groups excluding tert-OH is 1. The molecule has 1 aromatic rings. The first-order valence-electron chi connectivity index (χ1n) is 5.87. The van der Waals surface area contributed by atoms with Gasteiger partial charge >= 0.3 is 0 Å². The van der Waals surface area contributed by atoms with Crippen LogP contribution in [0.15, 0.2) is 24.3 Å². The van der Waals surface area contributed by atoms with Crippen molar-refractivity contribution in [3.8, 4) is 5.75 Å². The second kappa shape index (κ2) is 5.32. The Morgan fingerprint density at radius 2 is 2.31 bits per heavy atom. The Morgan fingerprint density at radius 1 is 1.50 bits per heavy atom. The van der Waals surface area contributed by atoms with Gasteiger partial charge < -0.3 is 15.2 Å². The zero-order chi connectivity index (χ0) is 11.4. The average Bonchev–Trinajstić information content (AvgIpc) is 3.08. The van der Waals surface area contributed by atoms with Gasteiger partial charge in [-0.15, -0.1) is 0 Å². The molecule has 0 radical (unpaired) electrons. The molecule has 0 saturated heterocycles. The van der Waals surface area contributed by atoms with E-state index < -0.39 is 6.10 Å². The summed E-state index contributed by atoms with van der Waals surface area (Å²) in [5.74, 6) is 0.830. The fourth-order valence-electron chi connectivity index (χ4n) is 1.51. The molecule has 0 heterocycles. The molecule has 0 aliphatic heterocycles. The minimum atomic E-state index is -0.423. The second-order valence-electron chi connectivity index (χ2n) is 4.46. The summed E-state index contributed by atoms with van der Waals surface area (Å²) >= 11 is 0. The molecule has 0 spiro atoms. The fraction of sp³-hybridized carbons (Fsp3) is 0.538. The highest BCUT2D eigenvalue weighted by atomic mass is 16.5. The van der Waals surface area contributed by atoms with Crippen LogP contribution in [0.25, 0.3) is 0 Å². The predicted molar refractivity (Wildman–Crippen MR) is 63.5 cm³/mol. The number of benzene rings is 1. The van der Waals surface area contributed by atoms with E-state index in [9.17, 15) is 0 Å². The molecular weight excluding hydrogens is 202 g/mol. The smallest absolute Gasteiger partial charge is 0.119 e. The van der Waals surface area contributed by atoms with Crippen LogP contribution in [0.1, 0.15) is 25.3 Å². The summed E-state index contributed by atoms with van der Waals surface area (Å²) in [4.78, 5) is 0. The topological polar surface area (TPSA) is 41.5 Å². The van der Waals surface area contributed by atoms with E-state index in [0.717, 1.165) is 18.3 Å². The monoisotopic (exact) mass is 221 g/mol. The number of ether oxygens (including phenoxy) is 1. The lowest BCUT2D eigenvalue weighted by molar-refractivity contribution is 0.122. The SMILES string of the molecule is CC(O)COc1cccc(CNC2CC2)c1. The number of rotatable bonds is 6. The Bertz CT molecular complexity index is 313. The van der Waals surface area contributed by atoms with Gasteiger partial charge in [0.15, 0.2) is 0 Å². The van der Waals surface area contributed by atoms with Gasteiger partial charge in [-0.1, -0.05) is 12.1 Å². The van der Waals surface area contributed by atoms with E-state index in [1.807, 2.05) is 18.2 Å². The minimum absolute atomic E-state index is 0.347. The highest BCUT2D eigenvalue weighted by molar-refractivity contribution is 5.28. The highest BCUT2D eigenvalue weighted by Crippen LogP contribution is 2.20. The summed E-state index contributed by atoms with van der Waals surface area (Å²) in [6.45, 7) is 2.97. The Labute approximate surface area is 96.4 Å². The molecule has 0 bridgehead atoms. The van der Waals surface area contributed by atoms with Crippen LogP contribution in [-0.4, -0.2) is 23.9 Å². The molecule has 1 atom stereocenters. The highest BCUT2D eigenvalue weighted by Gasteiger charge is 2.19. The molecule has 1 fully saturated rings. The van der Waals surface area contributed by atoms with Gasteiger partial charge in [-0.05, 0) is 37.5 Å². The van der Waals surface area contributed by atoms with Crippen molar-refractivity contribution in [3.05, 3.63) is 29.8 Å². The summed E-state index contributed by atoms with van der Waals surface area (Å²) in [6, 6.07) is 8.74. The van der Waals surface area contributed by atoms with Crippen LogP contribution in [-0.2, 0) is 6.54 Å². The Balaban J connectivity index is 1.84. The first-order chi connectivity index (χ1) is 7.74. The summed E-state index contributed by atoms with van der Waals surface area (Å²) in [6.07, 6.45) is 2.18. The summed E-state index contributed by atoms with van der Waals surface area (Å²) in [7, 11) is 0. The normalized spacial score (nSPS) is 17.1. The van der Waals surface area contributed by atoms with Crippen LogP contribution >= 0.6 is 0 Å². The number of hydrogen-bond acceptors (Lipinski definition) is 3. The van der Waals surface area contributed by atoms with Crippen molar-refractivity contribution in [2.75, 3.05) is 6.61 Å². The largest absolute Gasteiger partial charge is 0.491 e. The maximum atomic E-state index is 9.13. The summed E-state index contributed by atoms with van der Waals surface area (Å²) in [5, 5.41) is 12.6. The van der Waals surface area contributed by atoms with Crippen LogP contribution < -0.4 is 10.1 Å². The third-order valence-corrected chi connectivity index (χ3v) is 2.56. The van der Waals surface area contributed by atoms with Gasteiger partial charge in [0.05, 0.1) is 6.10 Å². The fourth-order valence-corrected chi connectivity index (χ4v) is 1.51. The molecule has 0 amide bonds. The van der Waals surface area contributed by atoms with Gasteiger partial charge in [0.25, 0.3) is 0 Å². The molecule has 1 unspecified atom stereocenters. The van der Waals surface area contributed by atoms with E-state index in [4.69, 9.17) is 9.84 Å². The van der Waals surface area contributed by atoms with Crippen LogP contribution in [0.4, 0.5) is 0 Å². The summed E-state index contributed by atoms with van der Waals surface area (Å²) in [5.41, 5.74) is 1.23. The van der Waals surface area contributed by atoms with Crippen molar-refractivity contribution in [3.63, 3.8) is 0 Å². The van der Waals surface area contributed by atoms with Crippen molar-refractivity contribution in [1.29, 1.82) is 0 Å². The lowest BCUT2D eigenvalue weighted by Crippen LogP contribution is -2.15. The number of nitrogens with one attached hydrogen (secondary N) is 1. The predicted octanol–water partition coefficient (Wildman–Crippen LogP) is 1.70. The lowest BCUT2D eigenvalue weighted by atomic mass is 10.2. The van der Waals surface area contributed by atoms with Gasteiger partial charge in [0.2, 0.25) is 0 Å². The Kier molecular flexibility index (Phi) is 3.80. The maximum absolute atomic E-state index is 9.13. The molecule has 88 valence electrons. The molecule has 0 aromatic heterocycles. The Morgan fingerprint density at radius 3 is 3.00 bits per heavy atom. The molecule has 16 heavy (non-hydrogen) atoms. The second-order valence-corrected chi connectivity index (χ2v) is 4.46. The van der Waals surface area contributed by atoms with Gasteiger partial charge in [-0.3, -0.25) is 0 Å². The van der Waals surface area contributed by atoms with Crippen LogP contribution in [0.5, 0.6) is 5.75 Å². The van der Waals surface area contributed by atoms with E-state index >= 15 is 0 Å². The van der Waals surface area contributed by atoms with Crippen LogP contribution in [0.2, 0.25) is 0 Å².